The number of hydrogen-bond donors (Lipinski definition) is 2. The zero-order valence-corrected chi connectivity index (χ0v) is 11.6. The third-order valence-electron chi connectivity index (χ3n) is 3.00. The van der Waals surface area contributed by atoms with E-state index in [9.17, 15) is 0 Å². The van der Waals surface area contributed by atoms with E-state index in [1.165, 1.54) is 5.56 Å². The quantitative estimate of drug-likeness (QED) is 0.835. The molecule has 0 aliphatic rings. The summed E-state index contributed by atoms with van der Waals surface area (Å²) in [6, 6.07) is 11.1. The molecular weight excluding hydrogens is 240 g/mol. The van der Waals surface area contributed by atoms with Gasteiger partial charge in [0.05, 0.1) is 6.04 Å². The molecule has 5 heteroatoms. The second-order valence-electron chi connectivity index (χ2n) is 4.69. The molecule has 0 spiro atoms. The largest absolute Gasteiger partial charge is 0.406 e. The predicted molar refractivity (Wildman–Crippen MR) is 75.0 cm³/mol. The lowest BCUT2D eigenvalue weighted by atomic mass is 10.1. The van der Waals surface area contributed by atoms with Gasteiger partial charge in [-0.2, -0.15) is 0 Å². The topological polar surface area (TPSA) is 63.0 Å². The van der Waals surface area contributed by atoms with Crippen molar-refractivity contribution in [3.63, 3.8) is 0 Å². The van der Waals surface area contributed by atoms with Gasteiger partial charge >= 0.3 is 6.01 Å². The molecule has 2 unspecified atom stereocenters. The molecule has 19 heavy (non-hydrogen) atoms. The molecule has 0 aliphatic heterocycles. The van der Waals surface area contributed by atoms with Gasteiger partial charge in [0.1, 0.15) is 0 Å². The van der Waals surface area contributed by atoms with E-state index in [2.05, 4.69) is 39.9 Å². The summed E-state index contributed by atoms with van der Waals surface area (Å²) in [5.74, 6) is 0.594. The van der Waals surface area contributed by atoms with Gasteiger partial charge in [0.15, 0.2) is 0 Å². The average molecular weight is 260 g/mol. The standard InChI is InChI=1S/C14H20N4O/c1-10(9-12-7-5-4-6-8-12)16-14-18-17-13(19-14)11(2)15-3/h4-8,10-11,15H,9H2,1-3H3,(H,16,18). The summed E-state index contributed by atoms with van der Waals surface area (Å²) >= 11 is 0. The highest BCUT2D eigenvalue weighted by Crippen LogP contribution is 2.14. The molecule has 0 saturated heterocycles. The Morgan fingerprint density at radius 3 is 2.58 bits per heavy atom. The van der Waals surface area contributed by atoms with Crippen LogP contribution in [0.25, 0.3) is 0 Å². The summed E-state index contributed by atoms with van der Waals surface area (Å²) in [6.45, 7) is 4.07. The minimum atomic E-state index is 0.0625. The van der Waals surface area contributed by atoms with E-state index in [-0.39, 0.29) is 12.1 Å². The van der Waals surface area contributed by atoms with E-state index in [4.69, 9.17) is 4.42 Å². The molecule has 1 heterocycles. The summed E-state index contributed by atoms with van der Waals surface area (Å²) in [5, 5.41) is 14.3. The van der Waals surface area contributed by atoms with Gasteiger partial charge in [0, 0.05) is 6.04 Å². The van der Waals surface area contributed by atoms with Crippen molar-refractivity contribution in [1.82, 2.24) is 15.5 Å². The number of nitrogens with one attached hydrogen (secondary N) is 2. The summed E-state index contributed by atoms with van der Waals surface area (Å²) < 4.78 is 5.55. The van der Waals surface area contributed by atoms with Crippen LogP contribution in [0.3, 0.4) is 0 Å². The first-order valence-corrected chi connectivity index (χ1v) is 6.50. The first kappa shape index (κ1) is 13.5. The van der Waals surface area contributed by atoms with Gasteiger partial charge < -0.3 is 15.1 Å². The molecule has 2 rings (SSSR count). The molecule has 0 radical (unpaired) electrons. The molecule has 2 atom stereocenters. The van der Waals surface area contributed by atoms with Crippen LogP contribution in [0.5, 0.6) is 0 Å². The lowest BCUT2D eigenvalue weighted by molar-refractivity contribution is 0.438. The van der Waals surface area contributed by atoms with E-state index in [1.807, 2.05) is 32.2 Å². The predicted octanol–water partition coefficient (Wildman–Crippen LogP) is 2.39. The summed E-state index contributed by atoms with van der Waals surface area (Å²) in [7, 11) is 1.86. The Hall–Kier alpha value is -1.88. The molecule has 2 aromatic rings. The Morgan fingerprint density at radius 2 is 1.89 bits per heavy atom. The van der Waals surface area contributed by atoms with Crippen molar-refractivity contribution in [1.29, 1.82) is 0 Å². The lowest BCUT2D eigenvalue weighted by Gasteiger charge is -2.11. The van der Waals surface area contributed by atoms with E-state index >= 15 is 0 Å². The van der Waals surface area contributed by atoms with Crippen LogP contribution in [-0.2, 0) is 6.42 Å². The fourth-order valence-corrected chi connectivity index (χ4v) is 1.82. The zero-order chi connectivity index (χ0) is 13.7. The molecule has 5 nitrogen and oxygen atoms in total. The van der Waals surface area contributed by atoms with Crippen LogP contribution in [0.1, 0.15) is 31.3 Å². The van der Waals surface area contributed by atoms with Crippen molar-refractivity contribution in [2.45, 2.75) is 32.4 Å². The van der Waals surface area contributed by atoms with Crippen LogP contribution in [0, 0.1) is 0 Å². The number of hydrogen-bond acceptors (Lipinski definition) is 5. The van der Waals surface area contributed by atoms with E-state index in [0.29, 0.717) is 11.9 Å². The molecule has 0 amide bonds. The van der Waals surface area contributed by atoms with Crippen LogP contribution in [0.15, 0.2) is 34.7 Å². The summed E-state index contributed by atoms with van der Waals surface area (Å²) in [5.41, 5.74) is 1.28. The molecule has 0 bridgehead atoms. The second kappa shape index (κ2) is 6.33. The van der Waals surface area contributed by atoms with Gasteiger partial charge in [-0.05, 0) is 32.9 Å². The molecule has 0 fully saturated rings. The highest BCUT2D eigenvalue weighted by Gasteiger charge is 2.13. The highest BCUT2D eigenvalue weighted by atomic mass is 16.4. The number of benzene rings is 1. The lowest BCUT2D eigenvalue weighted by Crippen LogP contribution is -2.18. The zero-order valence-electron chi connectivity index (χ0n) is 11.6. The second-order valence-corrected chi connectivity index (χ2v) is 4.69. The van der Waals surface area contributed by atoms with E-state index in [0.717, 1.165) is 6.42 Å². The van der Waals surface area contributed by atoms with E-state index < -0.39 is 0 Å². The smallest absolute Gasteiger partial charge is 0.315 e. The van der Waals surface area contributed by atoms with Crippen LogP contribution in [0.4, 0.5) is 6.01 Å². The number of aromatic nitrogens is 2. The highest BCUT2D eigenvalue weighted by molar-refractivity contribution is 5.23. The van der Waals surface area contributed by atoms with Crippen LogP contribution in [-0.4, -0.2) is 23.3 Å². The van der Waals surface area contributed by atoms with Gasteiger partial charge in [0.25, 0.3) is 0 Å². The number of anilines is 1. The third-order valence-corrected chi connectivity index (χ3v) is 3.00. The van der Waals surface area contributed by atoms with Crippen molar-refractivity contribution in [3.05, 3.63) is 41.8 Å². The fraction of sp³-hybridized carbons (Fsp3) is 0.429. The summed E-state index contributed by atoms with van der Waals surface area (Å²) in [4.78, 5) is 0. The van der Waals surface area contributed by atoms with Crippen LogP contribution in [0.2, 0.25) is 0 Å². The van der Waals surface area contributed by atoms with Crippen molar-refractivity contribution in [2.75, 3.05) is 12.4 Å². The molecule has 0 saturated carbocycles. The minimum Gasteiger partial charge on any atom is -0.406 e. The number of rotatable bonds is 6. The molecule has 0 aliphatic carbocycles. The Bertz CT molecular complexity index is 497. The molecule has 2 N–H and O–H groups in total. The Labute approximate surface area is 113 Å². The van der Waals surface area contributed by atoms with Crippen molar-refractivity contribution in [3.8, 4) is 0 Å². The minimum absolute atomic E-state index is 0.0625. The Balaban J connectivity index is 1.92. The third kappa shape index (κ3) is 3.79. The maximum absolute atomic E-state index is 5.55. The maximum atomic E-state index is 5.55. The first-order valence-electron chi connectivity index (χ1n) is 6.50. The Morgan fingerprint density at radius 1 is 1.16 bits per heavy atom. The van der Waals surface area contributed by atoms with Gasteiger partial charge in [-0.15, -0.1) is 5.10 Å². The Kier molecular flexibility index (Phi) is 4.52. The van der Waals surface area contributed by atoms with Gasteiger partial charge in [0.2, 0.25) is 5.89 Å². The molecule has 1 aromatic carbocycles. The average Bonchev–Trinajstić information content (AvgIpc) is 2.87. The molecular formula is C14H20N4O. The first-order chi connectivity index (χ1) is 9.19. The van der Waals surface area contributed by atoms with Gasteiger partial charge in [-0.25, -0.2) is 0 Å². The molecule has 1 aromatic heterocycles. The molecule has 102 valence electrons. The van der Waals surface area contributed by atoms with Crippen LogP contribution >= 0.6 is 0 Å². The fourth-order valence-electron chi connectivity index (χ4n) is 1.82. The number of nitrogens with zero attached hydrogens (tertiary/aromatic N) is 2. The van der Waals surface area contributed by atoms with Crippen LogP contribution < -0.4 is 10.6 Å². The van der Waals surface area contributed by atoms with Crippen molar-refractivity contribution >= 4 is 6.01 Å². The normalized spacial score (nSPS) is 14.1. The van der Waals surface area contributed by atoms with Crippen molar-refractivity contribution in [2.24, 2.45) is 0 Å². The van der Waals surface area contributed by atoms with Gasteiger partial charge in [-0.3, -0.25) is 0 Å². The van der Waals surface area contributed by atoms with Gasteiger partial charge in [-0.1, -0.05) is 35.4 Å². The summed E-state index contributed by atoms with van der Waals surface area (Å²) in [6.07, 6.45) is 0.917. The monoisotopic (exact) mass is 260 g/mol. The maximum Gasteiger partial charge on any atom is 0.315 e. The van der Waals surface area contributed by atoms with Crippen molar-refractivity contribution < 1.29 is 4.42 Å². The SMILES string of the molecule is CNC(C)c1nnc(NC(C)Cc2ccccc2)o1. The van der Waals surface area contributed by atoms with E-state index in [1.54, 1.807) is 0 Å².